The van der Waals surface area contributed by atoms with E-state index < -0.39 is 11.9 Å². The quantitative estimate of drug-likeness (QED) is 0.490. The van der Waals surface area contributed by atoms with Crippen LogP contribution in [0.25, 0.3) is 0 Å². The smallest absolute Gasteiger partial charge is 0.397 e. The number of hydrogen-bond acceptors (Lipinski definition) is 5. The molecule has 1 aromatic heterocycles. The van der Waals surface area contributed by atoms with Gasteiger partial charge in [0.1, 0.15) is 0 Å². The molecule has 6 nitrogen and oxygen atoms in total. The highest BCUT2D eigenvalue weighted by Crippen LogP contribution is 2.28. The van der Waals surface area contributed by atoms with Gasteiger partial charge in [0, 0.05) is 12.1 Å². The van der Waals surface area contributed by atoms with Crippen molar-refractivity contribution in [3.63, 3.8) is 0 Å². The van der Waals surface area contributed by atoms with Gasteiger partial charge in [0.15, 0.2) is 11.6 Å². The fraction of sp³-hybridized carbons (Fsp3) is 0.222. The second-order valence-electron chi connectivity index (χ2n) is 5.07. The second-order valence-corrected chi connectivity index (χ2v) is 5.07. The number of ketones is 1. The van der Waals surface area contributed by atoms with E-state index in [1.165, 1.54) is 0 Å². The van der Waals surface area contributed by atoms with Crippen LogP contribution in [0.2, 0.25) is 0 Å². The molecule has 0 aliphatic heterocycles. The number of amides is 1. The van der Waals surface area contributed by atoms with Gasteiger partial charge in [-0.15, -0.1) is 0 Å². The molecule has 0 atom stereocenters. The maximum absolute atomic E-state index is 12.5. The molecule has 0 radical (unpaired) electrons. The Morgan fingerprint density at radius 3 is 2.33 bits per heavy atom. The minimum atomic E-state index is -1.03. The molecule has 0 unspecified atom stereocenters. The summed E-state index contributed by atoms with van der Waals surface area (Å²) in [4.78, 5) is 42.1. The number of esters is 1. The summed E-state index contributed by atoms with van der Waals surface area (Å²) in [7, 11) is 1.13. The summed E-state index contributed by atoms with van der Waals surface area (Å²) >= 11 is 0. The average Bonchev–Trinajstić information content (AvgIpc) is 2.61. The molecule has 0 N–H and O–H groups in total. The van der Waals surface area contributed by atoms with Gasteiger partial charge >= 0.3 is 11.9 Å². The summed E-state index contributed by atoms with van der Waals surface area (Å²) in [6.45, 7) is 3.47. The molecule has 0 aliphatic carbocycles. The first-order valence-corrected chi connectivity index (χ1v) is 7.47. The van der Waals surface area contributed by atoms with E-state index in [1.54, 1.807) is 56.3 Å². The summed E-state index contributed by atoms with van der Waals surface area (Å²) in [6, 6.07) is 11.9. The number of ether oxygens (including phenoxy) is 1. The van der Waals surface area contributed by atoms with Gasteiger partial charge in [-0.2, -0.15) is 0 Å². The van der Waals surface area contributed by atoms with Crippen LogP contribution in [0.1, 0.15) is 29.4 Å². The van der Waals surface area contributed by atoms with Gasteiger partial charge in [0.25, 0.3) is 0 Å². The van der Waals surface area contributed by atoms with Crippen LogP contribution < -0.4 is 4.90 Å². The molecule has 1 heterocycles. The first-order valence-electron chi connectivity index (χ1n) is 7.47. The topological polar surface area (TPSA) is 76.6 Å². The van der Waals surface area contributed by atoms with E-state index in [9.17, 15) is 14.4 Å². The van der Waals surface area contributed by atoms with Crippen LogP contribution in [-0.4, -0.2) is 29.8 Å². The first kappa shape index (κ1) is 17.3. The summed E-state index contributed by atoms with van der Waals surface area (Å²) < 4.78 is 4.55. The standard InChI is InChI=1S/C18H18N2O4/c1-4-15(21)14-11-10-12(2)19-16(14)20(17(22)18(23)24-3)13-8-6-5-7-9-13/h5-11H,4H2,1-3H3. The molecule has 0 saturated carbocycles. The van der Waals surface area contributed by atoms with Crippen LogP contribution in [0.15, 0.2) is 42.5 Å². The third kappa shape index (κ3) is 3.48. The number of para-hydroxylation sites is 1. The molecular weight excluding hydrogens is 308 g/mol. The van der Waals surface area contributed by atoms with E-state index in [-0.39, 0.29) is 23.6 Å². The van der Waals surface area contributed by atoms with Crippen molar-refractivity contribution in [3.8, 4) is 0 Å². The molecule has 124 valence electrons. The Bertz CT molecular complexity index is 772. The van der Waals surface area contributed by atoms with Crippen LogP contribution in [0.4, 0.5) is 11.5 Å². The third-order valence-corrected chi connectivity index (χ3v) is 3.43. The molecule has 2 rings (SSSR count). The first-order chi connectivity index (χ1) is 11.5. The van der Waals surface area contributed by atoms with Crippen molar-refractivity contribution < 1.29 is 19.1 Å². The van der Waals surface area contributed by atoms with E-state index in [0.717, 1.165) is 12.0 Å². The van der Waals surface area contributed by atoms with Gasteiger partial charge in [-0.1, -0.05) is 25.1 Å². The van der Waals surface area contributed by atoms with Crippen LogP contribution >= 0.6 is 0 Å². The highest BCUT2D eigenvalue weighted by Gasteiger charge is 2.29. The van der Waals surface area contributed by atoms with Gasteiger partial charge in [-0.05, 0) is 31.2 Å². The fourth-order valence-electron chi connectivity index (χ4n) is 2.21. The lowest BCUT2D eigenvalue weighted by Gasteiger charge is -2.23. The van der Waals surface area contributed by atoms with Gasteiger partial charge in [-0.3, -0.25) is 14.5 Å². The number of benzene rings is 1. The zero-order chi connectivity index (χ0) is 17.7. The van der Waals surface area contributed by atoms with E-state index in [1.807, 2.05) is 0 Å². The van der Waals surface area contributed by atoms with Crippen LogP contribution in [0.3, 0.4) is 0 Å². The minimum absolute atomic E-state index is 0.128. The maximum Gasteiger partial charge on any atom is 0.397 e. The predicted molar refractivity (Wildman–Crippen MR) is 89.2 cm³/mol. The van der Waals surface area contributed by atoms with Crippen molar-refractivity contribution in [1.29, 1.82) is 0 Å². The number of hydrogen-bond donors (Lipinski definition) is 0. The Morgan fingerprint density at radius 2 is 1.75 bits per heavy atom. The lowest BCUT2D eigenvalue weighted by atomic mass is 10.1. The number of nitrogens with zero attached hydrogens (tertiary/aromatic N) is 2. The summed E-state index contributed by atoms with van der Waals surface area (Å²) in [5, 5.41) is 0. The van der Waals surface area contributed by atoms with Crippen molar-refractivity contribution >= 4 is 29.2 Å². The van der Waals surface area contributed by atoms with Gasteiger partial charge in [0.2, 0.25) is 0 Å². The molecule has 1 amide bonds. The molecular formula is C18H18N2O4. The van der Waals surface area contributed by atoms with Crippen LogP contribution in [0.5, 0.6) is 0 Å². The molecule has 6 heteroatoms. The molecule has 0 bridgehead atoms. The molecule has 0 spiro atoms. The molecule has 0 saturated heterocycles. The number of carbonyl (C=O) groups excluding carboxylic acids is 3. The van der Waals surface area contributed by atoms with E-state index in [0.29, 0.717) is 11.4 Å². The van der Waals surface area contributed by atoms with Gasteiger partial charge in [0.05, 0.1) is 18.4 Å². The van der Waals surface area contributed by atoms with Crippen molar-refractivity contribution in [2.24, 2.45) is 0 Å². The lowest BCUT2D eigenvalue weighted by molar-refractivity contribution is -0.151. The zero-order valence-corrected chi connectivity index (χ0v) is 13.8. The molecule has 2 aromatic rings. The normalized spacial score (nSPS) is 10.1. The number of anilines is 2. The Morgan fingerprint density at radius 1 is 1.08 bits per heavy atom. The van der Waals surface area contributed by atoms with Crippen molar-refractivity contribution in [3.05, 3.63) is 53.7 Å². The number of aryl methyl sites for hydroxylation is 1. The SMILES string of the molecule is CCC(=O)c1ccc(C)nc1N(C(=O)C(=O)OC)c1ccccc1. The van der Waals surface area contributed by atoms with Crippen LogP contribution in [-0.2, 0) is 14.3 Å². The predicted octanol–water partition coefficient (Wildman–Crippen LogP) is 2.82. The fourth-order valence-corrected chi connectivity index (χ4v) is 2.21. The van der Waals surface area contributed by atoms with E-state index in [2.05, 4.69) is 9.72 Å². The molecule has 1 aromatic carbocycles. The molecule has 0 fully saturated rings. The summed E-state index contributed by atoms with van der Waals surface area (Å²) in [5.41, 5.74) is 1.33. The number of aromatic nitrogens is 1. The van der Waals surface area contributed by atoms with Crippen molar-refractivity contribution in [1.82, 2.24) is 4.98 Å². The third-order valence-electron chi connectivity index (χ3n) is 3.43. The Hall–Kier alpha value is -3.02. The minimum Gasteiger partial charge on any atom is -0.462 e. The number of carbonyl (C=O) groups is 3. The number of Topliss-reactive ketones (excluding diaryl/α,β-unsaturated/α-hetero) is 1. The number of pyridine rings is 1. The highest BCUT2D eigenvalue weighted by molar-refractivity contribution is 6.40. The van der Waals surface area contributed by atoms with Crippen molar-refractivity contribution in [2.75, 3.05) is 12.0 Å². The summed E-state index contributed by atoms with van der Waals surface area (Å²) in [5.74, 6) is -1.98. The highest BCUT2D eigenvalue weighted by atomic mass is 16.5. The largest absolute Gasteiger partial charge is 0.462 e. The Labute approximate surface area is 140 Å². The lowest BCUT2D eigenvalue weighted by Crippen LogP contribution is -2.35. The monoisotopic (exact) mass is 326 g/mol. The Kier molecular flexibility index (Phi) is 5.42. The number of methoxy groups -OCH3 is 1. The van der Waals surface area contributed by atoms with Gasteiger partial charge in [-0.25, -0.2) is 9.78 Å². The molecule has 24 heavy (non-hydrogen) atoms. The average molecular weight is 326 g/mol. The summed E-state index contributed by atoms with van der Waals surface area (Å²) in [6.07, 6.45) is 0.257. The molecule has 0 aliphatic rings. The van der Waals surface area contributed by atoms with E-state index >= 15 is 0 Å². The second kappa shape index (κ2) is 7.50. The van der Waals surface area contributed by atoms with Gasteiger partial charge < -0.3 is 4.74 Å². The number of rotatable bonds is 4. The van der Waals surface area contributed by atoms with E-state index in [4.69, 9.17) is 0 Å². The zero-order valence-electron chi connectivity index (χ0n) is 13.8. The van der Waals surface area contributed by atoms with Crippen molar-refractivity contribution in [2.45, 2.75) is 20.3 Å². The Balaban J connectivity index is 2.68. The van der Waals surface area contributed by atoms with Crippen LogP contribution in [0, 0.1) is 6.92 Å². The maximum atomic E-state index is 12.5.